The Balaban J connectivity index is 0.809. The number of imide groups is 1. The van der Waals surface area contributed by atoms with E-state index in [0.717, 1.165) is 37.3 Å². The van der Waals surface area contributed by atoms with E-state index in [0.29, 0.717) is 85.7 Å². The van der Waals surface area contributed by atoms with Crippen LogP contribution >= 0.6 is 11.6 Å². The molecule has 0 spiro atoms. The van der Waals surface area contributed by atoms with E-state index in [4.69, 9.17) is 16.3 Å². The Kier molecular flexibility index (Phi) is 13.1. The summed E-state index contributed by atoms with van der Waals surface area (Å²) in [5, 5.41) is 15.3. The van der Waals surface area contributed by atoms with Crippen LogP contribution in [-0.2, 0) is 14.4 Å². The molecule has 15 nitrogen and oxygen atoms in total. The van der Waals surface area contributed by atoms with Crippen LogP contribution in [0.1, 0.15) is 47.5 Å². The Morgan fingerprint density at radius 2 is 1.56 bits per heavy atom. The average Bonchev–Trinajstić information content (AvgIpc) is 3.29. The lowest BCUT2D eigenvalue weighted by atomic mass is 9.89. The number of aromatic nitrogens is 2. The number of piperazine rings is 1. The van der Waals surface area contributed by atoms with Crippen LogP contribution in [-0.4, -0.2) is 102 Å². The molecule has 5 aromatic rings. The summed E-state index contributed by atoms with van der Waals surface area (Å²) in [7, 11) is 1.61. The smallest absolute Gasteiger partial charge is 0.257 e. The molecule has 4 amide bonds. The van der Waals surface area contributed by atoms with Crippen LogP contribution in [0.25, 0.3) is 0 Å². The van der Waals surface area contributed by atoms with E-state index in [1.165, 1.54) is 11.8 Å². The predicted octanol–water partition coefficient (Wildman–Crippen LogP) is 6.62. The number of hydrogen-bond acceptors (Lipinski definition) is 12. The van der Waals surface area contributed by atoms with Gasteiger partial charge in [0, 0.05) is 55.7 Å². The highest BCUT2D eigenvalue weighted by Gasteiger charge is 2.28. The quantitative estimate of drug-likeness (QED) is 0.0803. The summed E-state index contributed by atoms with van der Waals surface area (Å²) in [6, 6.07) is 30.1. The summed E-state index contributed by atoms with van der Waals surface area (Å²) >= 11 is 6.52. The molecule has 0 bridgehead atoms. The van der Waals surface area contributed by atoms with Crippen LogP contribution in [0.3, 0.4) is 0 Å². The number of nitrogens with zero attached hydrogens (tertiary/aromatic N) is 5. The zero-order valence-corrected chi connectivity index (χ0v) is 35.2. The molecule has 4 heterocycles. The van der Waals surface area contributed by atoms with Gasteiger partial charge in [-0.25, -0.2) is 4.98 Å². The summed E-state index contributed by atoms with van der Waals surface area (Å²) in [6.07, 6.45) is 4.26. The molecule has 320 valence electrons. The van der Waals surface area contributed by atoms with E-state index in [-0.39, 0.29) is 34.6 Å². The monoisotopic (exact) mass is 856 g/mol. The van der Waals surface area contributed by atoms with Crippen molar-refractivity contribution >= 4 is 75.4 Å². The number of para-hydroxylation sites is 2. The normalized spacial score (nSPS) is 17.2. The number of hydrogen-bond donors (Lipinski definition) is 5. The average molecular weight is 857 g/mol. The van der Waals surface area contributed by atoms with E-state index in [2.05, 4.69) is 58.5 Å². The van der Waals surface area contributed by atoms with E-state index in [1.807, 2.05) is 71.6 Å². The van der Waals surface area contributed by atoms with E-state index in [9.17, 15) is 19.2 Å². The van der Waals surface area contributed by atoms with Crippen LogP contribution < -0.4 is 36.2 Å². The van der Waals surface area contributed by atoms with E-state index in [1.54, 1.807) is 25.3 Å². The van der Waals surface area contributed by atoms with Gasteiger partial charge >= 0.3 is 0 Å². The SMILES string of the molecule is COc1cc(N2CCN(C(=O)CN3CCC(c4ccc(NC5CCC(=O)NC5=O)cc4)CC3)CC2)ccc1Nc1ncc(Cl)c(Nc2ccccc2C(=O)Nc2ccccc2)n1. The molecule has 3 fully saturated rings. The zero-order chi connectivity index (χ0) is 43.0. The van der Waals surface area contributed by atoms with Crippen molar-refractivity contribution in [1.82, 2.24) is 25.1 Å². The van der Waals surface area contributed by atoms with Crippen LogP contribution in [0.4, 0.5) is 40.2 Å². The minimum Gasteiger partial charge on any atom is -0.494 e. The second kappa shape index (κ2) is 19.3. The highest BCUT2D eigenvalue weighted by Crippen LogP contribution is 2.34. The van der Waals surface area contributed by atoms with Gasteiger partial charge in [0.25, 0.3) is 5.91 Å². The first-order valence-corrected chi connectivity index (χ1v) is 21.2. The minimum atomic E-state index is -0.405. The number of likely N-dealkylation sites (tertiary alicyclic amines) is 1. The maximum Gasteiger partial charge on any atom is 0.257 e. The van der Waals surface area contributed by atoms with E-state index < -0.39 is 6.04 Å². The first-order chi connectivity index (χ1) is 30.2. The first kappa shape index (κ1) is 42.0. The van der Waals surface area contributed by atoms with E-state index >= 15 is 0 Å². The van der Waals surface area contributed by atoms with Gasteiger partial charge in [-0.3, -0.25) is 29.4 Å². The Labute approximate surface area is 365 Å². The third-order valence-corrected chi connectivity index (χ3v) is 11.8. The third-order valence-electron chi connectivity index (χ3n) is 11.5. The molecule has 3 aliphatic rings. The number of ether oxygens (including phenoxy) is 1. The number of anilines is 7. The van der Waals surface area contributed by atoms with Gasteiger partial charge in [0.15, 0.2) is 5.82 Å². The Hall–Kier alpha value is -6.71. The number of nitrogens with one attached hydrogen (secondary N) is 5. The lowest BCUT2D eigenvalue weighted by Gasteiger charge is -2.38. The number of amides is 4. The van der Waals surface area contributed by atoms with Crippen LogP contribution in [0.5, 0.6) is 5.75 Å². The molecule has 1 atom stereocenters. The summed E-state index contributed by atoms with van der Waals surface area (Å²) in [4.78, 5) is 65.7. The topological polar surface area (TPSA) is 173 Å². The largest absolute Gasteiger partial charge is 0.494 e. The number of halogens is 1. The van der Waals surface area contributed by atoms with Crippen molar-refractivity contribution < 1.29 is 23.9 Å². The molecular formula is C46H49ClN10O5. The summed E-state index contributed by atoms with van der Waals surface area (Å²) in [6.45, 7) is 4.76. The zero-order valence-electron chi connectivity index (χ0n) is 34.4. The molecule has 3 saturated heterocycles. The summed E-state index contributed by atoms with van der Waals surface area (Å²) in [5.74, 6) is 0.981. The van der Waals surface area contributed by atoms with Crippen LogP contribution in [0.2, 0.25) is 5.02 Å². The fraction of sp³-hybridized carbons (Fsp3) is 0.304. The standard InChI is InChI=1S/C46H49ClN10O5/c1-62-40-27-34(15-16-38(40)52-46-48-28-36(47)43(54-46)51-37-10-6-5-9-35(37)44(60)50-32-7-3-2-4-8-32)56-23-25-57(26-24-56)42(59)29-55-21-19-31(20-22-55)30-11-13-33(14-12-30)49-39-17-18-41(58)53-45(39)61/h2-16,27-28,31,39,49H,17-26,29H2,1H3,(H,50,60)(H,53,58,61)(H2,48,51,52,54). The lowest BCUT2D eigenvalue weighted by Crippen LogP contribution is -2.51. The lowest BCUT2D eigenvalue weighted by molar-refractivity contribution is -0.134. The highest BCUT2D eigenvalue weighted by molar-refractivity contribution is 6.33. The molecule has 1 aromatic heterocycles. The number of piperidine rings is 2. The van der Waals surface area contributed by atoms with Crippen molar-refractivity contribution in [2.45, 2.75) is 37.6 Å². The van der Waals surface area contributed by atoms with Crippen molar-refractivity contribution in [1.29, 1.82) is 0 Å². The van der Waals surface area contributed by atoms with Crippen molar-refractivity contribution in [3.05, 3.63) is 119 Å². The molecule has 0 aliphatic carbocycles. The minimum absolute atomic E-state index is 0.153. The Morgan fingerprint density at radius 1 is 0.823 bits per heavy atom. The fourth-order valence-electron chi connectivity index (χ4n) is 8.07. The molecule has 4 aromatic carbocycles. The van der Waals surface area contributed by atoms with Crippen LogP contribution in [0.15, 0.2) is 103 Å². The molecule has 0 radical (unpaired) electrons. The summed E-state index contributed by atoms with van der Waals surface area (Å²) < 4.78 is 5.78. The van der Waals surface area contributed by atoms with Gasteiger partial charge in [0.1, 0.15) is 16.8 Å². The van der Waals surface area contributed by atoms with Crippen LogP contribution in [0, 0.1) is 0 Å². The maximum atomic E-state index is 13.4. The van der Waals surface area contributed by atoms with Gasteiger partial charge in [-0.05, 0) is 92.4 Å². The third kappa shape index (κ3) is 10.2. The van der Waals surface area contributed by atoms with Gasteiger partial charge in [-0.1, -0.05) is 54.1 Å². The molecule has 0 saturated carbocycles. The van der Waals surface area contributed by atoms with Crippen molar-refractivity contribution in [2.75, 3.05) is 79.1 Å². The molecule has 16 heteroatoms. The second-order valence-corrected chi connectivity index (χ2v) is 16.0. The van der Waals surface area contributed by atoms with Gasteiger partial charge in [0.2, 0.25) is 23.7 Å². The fourth-order valence-corrected chi connectivity index (χ4v) is 8.20. The van der Waals surface area contributed by atoms with Crippen molar-refractivity contribution in [2.24, 2.45) is 0 Å². The van der Waals surface area contributed by atoms with Crippen molar-refractivity contribution in [3.8, 4) is 5.75 Å². The van der Waals surface area contributed by atoms with Crippen molar-refractivity contribution in [3.63, 3.8) is 0 Å². The van der Waals surface area contributed by atoms with Gasteiger partial charge in [-0.2, -0.15) is 4.98 Å². The molecule has 8 rings (SSSR count). The number of carbonyl (C=O) groups is 4. The van der Waals surface area contributed by atoms with Gasteiger partial charge in [0.05, 0.1) is 36.8 Å². The maximum absolute atomic E-state index is 13.4. The highest BCUT2D eigenvalue weighted by atomic mass is 35.5. The molecule has 62 heavy (non-hydrogen) atoms. The Morgan fingerprint density at radius 3 is 2.31 bits per heavy atom. The predicted molar refractivity (Wildman–Crippen MR) is 241 cm³/mol. The van der Waals surface area contributed by atoms with Gasteiger partial charge < -0.3 is 35.8 Å². The molecule has 5 N–H and O–H groups in total. The molecule has 3 aliphatic heterocycles. The molecular weight excluding hydrogens is 808 g/mol. The summed E-state index contributed by atoms with van der Waals surface area (Å²) in [5.41, 5.74) is 5.38. The van der Waals surface area contributed by atoms with Gasteiger partial charge in [-0.15, -0.1) is 0 Å². The Bertz CT molecular complexity index is 2400. The second-order valence-electron chi connectivity index (χ2n) is 15.6. The number of methoxy groups -OCH3 is 1. The number of rotatable bonds is 13. The number of benzene rings is 4. The number of carbonyl (C=O) groups excluding carboxylic acids is 4. The molecule has 1 unspecified atom stereocenters. The first-order valence-electron chi connectivity index (χ1n) is 20.8.